The normalized spacial score (nSPS) is 19.2. The highest BCUT2D eigenvalue weighted by Crippen LogP contribution is 2.24. The topological polar surface area (TPSA) is 80.7 Å². The molecule has 14 heavy (non-hydrogen) atoms. The molecule has 0 heterocycles. The van der Waals surface area contributed by atoms with Crippen molar-refractivity contribution in [1.82, 2.24) is 0 Å². The molecule has 6 heteroatoms. The lowest BCUT2D eigenvalue weighted by Crippen LogP contribution is -2.30. The summed E-state index contributed by atoms with van der Waals surface area (Å²) < 4.78 is 23.1. The Labute approximate surface area is 82.9 Å². The van der Waals surface area contributed by atoms with Crippen LogP contribution in [0.5, 0.6) is 0 Å². The molecule has 0 aromatic rings. The maximum atomic E-state index is 11.5. The monoisotopic (exact) mass is 222 g/mol. The second-order valence-corrected chi connectivity index (χ2v) is 5.81. The van der Waals surface area contributed by atoms with Crippen LogP contribution in [-0.2, 0) is 19.5 Å². The highest BCUT2D eigenvalue weighted by Gasteiger charge is 2.29. The fraction of sp³-hybridized carbons (Fsp3) is 0.875. The van der Waals surface area contributed by atoms with E-state index in [1.54, 1.807) is 0 Å². The van der Waals surface area contributed by atoms with Crippen molar-refractivity contribution >= 4 is 15.8 Å². The first-order chi connectivity index (χ1) is 6.56. The Balaban J connectivity index is 2.59. The number of carbonyl (C=O) groups is 1. The first-order valence-corrected chi connectivity index (χ1v) is 6.33. The van der Waals surface area contributed by atoms with Gasteiger partial charge in [0.05, 0.1) is 5.25 Å². The summed E-state index contributed by atoms with van der Waals surface area (Å²) in [5.74, 6) is -1.82. The van der Waals surface area contributed by atoms with E-state index in [2.05, 4.69) is 4.89 Å². The highest BCUT2D eigenvalue weighted by atomic mass is 32.2. The smallest absolute Gasteiger partial charge is 0.300 e. The van der Waals surface area contributed by atoms with Crippen LogP contribution in [0.2, 0.25) is 0 Å². The zero-order valence-corrected chi connectivity index (χ0v) is 8.62. The number of sulfone groups is 1. The zero-order valence-electron chi connectivity index (χ0n) is 7.81. The number of hydrogen-bond donors (Lipinski definition) is 1. The van der Waals surface area contributed by atoms with Crippen molar-refractivity contribution in [3.8, 4) is 0 Å². The molecule has 0 aromatic carbocycles. The molecule has 0 atom stereocenters. The van der Waals surface area contributed by atoms with Gasteiger partial charge in [-0.1, -0.05) is 19.3 Å². The lowest BCUT2D eigenvalue weighted by molar-refractivity contribution is -0.231. The Bertz CT molecular complexity index is 289. The molecule has 0 radical (unpaired) electrons. The van der Waals surface area contributed by atoms with E-state index < -0.39 is 26.8 Å². The van der Waals surface area contributed by atoms with Crippen LogP contribution in [0.25, 0.3) is 0 Å². The summed E-state index contributed by atoms with van der Waals surface area (Å²) in [6.45, 7) is 0. The second-order valence-electron chi connectivity index (χ2n) is 3.53. The van der Waals surface area contributed by atoms with Gasteiger partial charge in [0, 0.05) is 0 Å². The van der Waals surface area contributed by atoms with Gasteiger partial charge < -0.3 is 0 Å². The largest absolute Gasteiger partial charge is 0.357 e. The molecule has 0 spiro atoms. The third kappa shape index (κ3) is 2.95. The van der Waals surface area contributed by atoms with E-state index in [4.69, 9.17) is 5.26 Å². The molecule has 1 aliphatic carbocycles. The lowest BCUT2D eigenvalue weighted by atomic mass is 10.0. The molecule has 1 saturated carbocycles. The molecular weight excluding hydrogens is 208 g/mol. The Morgan fingerprint density at radius 2 is 1.86 bits per heavy atom. The van der Waals surface area contributed by atoms with E-state index in [1.807, 2.05) is 0 Å². The van der Waals surface area contributed by atoms with Gasteiger partial charge >= 0.3 is 5.97 Å². The number of rotatable bonds is 3. The predicted octanol–water partition coefficient (Wildman–Crippen LogP) is 0.750. The summed E-state index contributed by atoms with van der Waals surface area (Å²) >= 11 is 0. The average molecular weight is 222 g/mol. The average Bonchev–Trinajstić information content (AvgIpc) is 2.18. The summed E-state index contributed by atoms with van der Waals surface area (Å²) in [5, 5.41) is 7.55. The fourth-order valence-corrected chi connectivity index (χ4v) is 3.40. The highest BCUT2D eigenvalue weighted by molar-refractivity contribution is 7.92. The fourth-order valence-electron chi connectivity index (χ4n) is 1.73. The minimum atomic E-state index is -3.43. The SMILES string of the molecule is O=C(CS(=O)(=O)C1CCCCC1)OO. The molecule has 0 saturated heterocycles. The quantitative estimate of drug-likeness (QED) is 0.563. The van der Waals surface area contributed by atoms with E-state index in [0.29, 0.717) is 12.8 Å². The zero-order chi connectivity index (χ0) is 10.6. The molecule has 0 aromatic heterocycles. The van der Waals surface area contributed by atoms with Gasteiger partial charge in [-0.25, -0.2) is 13.2 Å². The second kappa shape index (κ2) is 4.75. The Morgan fingerprint density at radius 1 is 1.29 bits per heavy atom. The van der Waals surface area contributed by atoms with Gasteiger partial charge in [0.15, 0.2) is 15.6 Å². The summed E-state index contributed by atoms with van der Waals surface area (Å²) in [4.78, 5) is 14.0. The molecule has 1 fully saturated rings. The van der Waals surface area contributed by atoms with Crippen molar-refractivity contribution in [1.29, 1.82) is 0 Å². The van der Waals surface area contributed by atoms with Crippen molar-refractivity contribution < 1.29 is 23.4 Å². The van der Waals surface area contributed by atoms with Gasteiger partial charge in [-0.2, -0.15) is 5.26 Å². The van der Waals surface area contributed by atoms with Gasteiger partial charge in [0.1, 0.15) is 0 Å². The first kappa shape index (κ1) is 11.5. The van der Waals surface area contributed by atoms with E-state index in [0.717, 1.165) is 19.3 Å². The number of hydrogen-bond acceptors (Lipinski definition) is 5. The molecule has 82 valence electrons. The number of carbonyl (C=O) groups excluding carboxylic acids is 1. The van der Waals surface area contributed by atoms with Crippen LogP contribution in [0.4, 0.5) is 0 Å². The van der Waals surface area contributed by atoms with Crippen LogP contribution < -0.4 is 0 Å². The predicted molar refractivity (Wildman–Crippen MR) is 49.4 cm³/mol. The molecule has 0 aliphatic heterocycles. The van der Waals surface area contributed by atoms with Gasteiger partial charge in [-0.15, -0.1) is 0 Å². The van der Waals surface area contributed by atoms with E-state index in [-0.39, 0.29) is 0 Å². The minimum absolute atomic E-state index is 0.435. The van der Waals surface area contributed by atoms with Gasteiger partial charge in [-0.05, 0) is 12.8 Å². The Morgan fingerprint density at radius 3 is 2.36 bits per heavy atom. The third-order valence-corrected chi connectivity index (χ3v) is 4.61. The maximum Gasteiger partial charge on any atom is 0.357 e. The van der Waals surface area contributed by atoms with Gasteiger partial charge in [0.2, 0.25) is 0 Å². The van der Waals surface area contributed by atoms with Crippen LogP contribution in [0, 0.1) is 0 Å². The van der Waals surface area contributed by atoms with Crippen LogP contribution in [0.15, 0.2) is 0 Å². The standard InChI is InChI=1S/C8H14O5S/c9-8(13-10)6-14(11,12)7-4-2-1-3-5-7/h7,10H,1-6H2. The molecule has 1 N–H and O–H groups in total. The molecule has 0 unspecified atom stereocenters. The van der Waals surface area contributed by atoms with Gasteiger partial charge in [0.25, 0.3) is 0 Å². The van der Waals surface area contributed by atoms with Crippen molar-refractivity contribution in [2.24, 2.45) is 0 Å². The minimum Gasteiger partial charge on any atom is -0.300 e. The molecule has 0 amide bonds. The van der Waals surface area contributed by atoms with Crippen LogP contribution in [0.3, 0.4) is 0 Å². The molecule has 1 rings (SSSR count). The van der Waals surface area contributed by atoms with E-state index >= 15 is 0 Å². The molecule has 5 nitrogen and oxygen atoms in total. The van der Waals surface area contributed by atoms with Crippen molar-refractivity contribution in [3.05, 3.63) is 0 Å². The summed E-state index contributed by atoms with van der Waals surface area (Å²) in [5.41, 5.74) is 0. The van der Waals surface area contributed by atoms with Crippen LogP contribution >= 0.6 is 0 Å². The summed E-state index contributed by atoms with van der Waals surface area (Å²) in [6.07, 6.45) is 4.05. The Kier molecular flexibility index (Phi) is 3.88. The molecular formula is C8H14O5S. The van der Waals surface area contributed by atoms with Crippen molar-refractivity contribution in [2.45, 2.75) is 37.4 Å². The summed E-state index contributed by atoms with van der Waals surface area (Å²) in [7, 11) is -3.43. The van der Waals surface area contributed by atoms with Crippen LogP contribution in [0.1, 0.15) is 32.1 Å². The maximum absolute atomic E-state index is 11.5. The third-order valence-electron chi connectivity index (χ3n) is 2.48. The van der Waals surface area contributed by atoms with Crippen molar-refractivity contribution in [2.75, 3.05) is 5.75 Å². The Hall–Kier alpha value is -0.620. The van der Waals surface area contributed by atoms with E-state index in [1.165, 1.54) is 0 Å². The van der Waals surface area contributed by atoms with Crippen LogP contribution in [-0.4, -0.2) is 30.6 Å². The lowest BCUT2D eigenvalue weighted by Gasteiger charge is -2.20. The first-order valence-electron chi connectivity index (χ1n) is 4.62. The van der Waals surface area contributed by atoms with Gasteiger partial charge in [-0.3, -0.25) is 4.89 Å². The van der Waals surface area contributed by atoms with E-state index in [9.17, 15) is 13.2 Å². The molecule has 0 bridgehead atoms. The van der Waals surface area contributed by atoms with Crippen molar-refractivity contribution in [3.63, 3.8) is 0 Å². The summed E-state index contributed by atoms with van der Waals surface area (Å²) in [6, 6.07) is 0. The molecule has 1 aliphatic rings.